The molecule has 5 rings (SSSR count). The van der Waals surface area contributed by atoms with E-state index in [4.69, 9.17) is 0 Å². The standard InChI is InChI=1S/C23H22N4O2.C2H6/c1-14-12-18-19(13-17(14)16-9-10-16)27(11-5-8-15-6-3-2-4-7-15)21-20(24-18)22(28)26-23(29)25-21;1-2/h2-4,6-7,12-13,16H,5,8-11H2,1H3,(H,26,28,29);1-2H3. The van der Waals surface area contributed by atoms with Crippen molar-refractivity contribution in [2.75, 3.05) is 0 Å². The van der Waals surface area contributed by atoms with Crippen molar-refractivity contribution in [3.8, 4) is 11.5 Å². The molecule has 160 valence electrons. The van der Waals surface area contributed by atoms with Crippen LogP contribution in [0.5, 0.6) is 0 Å². The Morgan fingerprint density at radius 2 is 1.81 bits per heavy atom. The highest BCUT2D eigenvalue weighted by molar-refractivity contribution is 5.81. The van der Waals surface area contributed by atoms with Gasteiger partial charge in [-0.15, -0.1) is 0 Å². The molecule has 6 nitrogen and oxygen atoms in total. The van der Waals surface area contributed by atoms with Crippen LogP contribution < -0.4 is 11.2 Å². The van der Waals surface area contributed by atoms with Crippen LogP contribution in [0.2, 0.25) is 0 Å². The molecule has 2 aromatic carbocycles. The molecule has 2 heterocycles. The smallest absolute Gasteiger partial charge is 0.322 e. The Morgan fingerprint density at radius 1 is 1.06 bits per heavy atom. The average molecular weight is 417 g/mol. The molecule has 31 heavy (non-hydrogen) atoms. The molecule has 6 heteroatoms. The molecule has 3 aliphatic rings. The maximum absolute atomic E-state index is 12.4. The fourth-order valence-electron chi connectivity index (χ4n) is 4.11. The zero-order valence-electron chi connectivity index (χ0n) is 18.3. The molecule has 2 aromatic rings. The number of hydrogen-bond acceptors (Lipinski definition) is 4. The number of aryl methyl sites for hydroxylation is 3. The highest BCUT2D eigenvalue weighted by Gasteiger charge is 2.27. The van der Waals surface area contributed by atoms with Crippen LogP contribution in [-0.4, -0.2) is 19.5 Å². The third-order valence-electron chi connectivity index (χ3n) is 5.70. The Balaban J connectivity index is 0.00000112. The number of aromatic amines is 1. The lowest BCUT2D eigenvalue weighted by Crippen LogP contribution is -2.29. The second-order valence-electron chi connectivity index (χ2n) is 7.87. The van der Waals surface area contributed by atoms with E-state index < -0.39 is 11.2 Å². The van der Waals surface area contributed by atoms with E-state index >= 15 is 0 Å². The summed E-state index contributed by atoms with van der Waals surface area (Å²) in [6, 6.07) is 14.5. The van der Waals surface area contributed by atoms with Crippen molar-refractivity contribution in [1.82, 2.24) is 19.5 Å². The van der Waals surface area contributed by atoms with Crippen molar-refractivity contribution < 1.29 is 0 Å². The summed E-state index contributed by atoms with van der Waals surface area (Å²) < 4.78 is 2.00. The number of fused-ring (bicyclic) bond motifs is 2. The largest absolute Gasteiger partial charge is 0.349 e. The molecule has 0 aromatic heterocycles. The van der Waals surface area contributed by atoms with E-state index in [1.54, 1.807) is 0 Å². The van der Waals surface area contributed by atoms with Crippen LogP contribution in [-0.2, 0) is 13.0 Å². The van der Waals surface area contributed by atoms with Crippen LogP contribution in [0, 0.1) is 6.92 Å². The van der Waals surface area contributed by atoms with Gasteiger partial charge in [0.2, 0.25) is 0 Å². The van der Waals surface area contributed by atoms with Crippen molar-refractivity contribution in [3.05, 3.63) is 80.0 Å². The van der Waals surface area contributed by atoms with Crippen LogP contribution in [0.4, 0.5) is 0 Å². The Bertz CT molecular complexity index is 1290. The molecule has 0 spiro atoms. The molecular weight excluding hydrogens is 388 g/mol. The van der Waals surface area contributed by atoms with Gasteiger partial charge in [-0.2, -0.15) is 4.98 Å². The molecule has 1 fully saturated rings. The number of nitrogens with one attached hydrogen (secondary N) is 1. The quantitative estimate of drug-likeness (QED) is 0.488. The first kappa shape index (κ1) is 21.0. The number of H-pyrrole nitrogens is 1. The van der Waals surface area contributed by atoms with Crippen LogP contribution in [0.3, 0.4) is 0 Å². The first-order valence-corrected chi connectivity index (χ1v) is 11.1. The lowest BCUT2D eigenvalue weighted by Gasteiger charge is -2.18. The molecule has 1 saturated carbocycles. The SMILES string of the molecule is CC.Cc1cc2nc3c(=O)[nH]c(=O)nc-3n(CCCc3ccccc3)c2cc1C1CC1. The molecule has 1 N–H and O–H groups in total. The number of hydrogen-bond donors (Lipinski definition) is 1. The molecule has 0 radical (unpaired) electrons. The van der Waals surface area contributed by atoms with Crippen molar-refractivity contribution >= 4 is 11.0 Å². The molecule has 0 bridgehead atoms. The van der Waals surface area contributed by atoms with Crippen LogP contribution in [0.1, 0.15) is 55.7 Å². The second kappa shape index (κ2) is 8.84. The van der Waals surface area contributed by atoms with Crippen LogP contribution in [0.25, 0.3) is 22.6 Å². The lowest BCUT2D eigenvalue weighted by molar-refractivity contribution is 0.648. The van der Waals surface area contributed by atoms with Crippen LogP contribution in [0.15, 0.2) is 52.1 Å². The summed E-state index contributed by atoms with van der Waals surface area (Å²) >= 11 is 0. The third-order valence-corrected chi connectivity index (χ3v) is 5.70. The predicted octanol–water partition coefficient (Wildman–Crippen LogP) is 4.43. The number of nitrogens with zero attached hydrogens (tertiary/aromatic N) is 3. The molecule has 0 unspecified atom stereocenters. The maximum atomic E-state index is 12.4. The normalized spacial score (nSPS) is 13.3. The van der Waals surface area contributed by atoms with Crippen LogP contribution >= 0.6 is 0 Å². The summed E-state index contributed by atoms with van der Waals surface area (Å²) in [7, 11) is 0. The number of aromatic nitrogens is 4. The Hall–Kier alpha value is -3.28. The van der Waals surface area contributed by atoms with Gasteiger partial charge in [0.1, 0.15) is 0 Å². The van der Waals surface area contributed by atoms with Gasteiger partial charge >= 0.3 is 5.69 Å². The zero-order valence-corrected chi connectivity index (χ0v) is 18.3. The summed E-state index contributed by atoms with van der Waals surface area (Å²) in [6.07, 6.45) is 4.21. The van der Waals surface area contributed by atoms with E-state index in [0.29, 0.717) is 18.3 Å². The molecule has 0 saturated heterocycles. The Morgan fingerprint density at radius 3 is 2.52 bits per heavy atom. The van der Waals surface area contributed by atoms with Gasteiger partial charge < -0.3 is 4.57 Å². The van der Waals surface area contributed by atoms with Gasteiger partial charge in [-0.25, -0.2) is 9.78 Å². The minimum absolute atomic E-state index is 0.218. The van der Waals surface area contributed by atoms with Crippen molar-refractivity contribution in [2.45, 2.75) is 58.9 Å². The van der Waals surface area contributed by atoms with Crippen molar-refractivity contribution in [1.29, 1.82) is 0 Å². The Labute approximate surface area is 181 Å². The molecular formula is C25H28N4O2. The van der Waals surface area contributed by atoms with Crippen molar-refractivity contribution in [2.24, 2.45) is 0 Å². The summed E-state index contributed by atoms with van der Waals surface area (Å²) in [5, 5.41) is 0. The summed E-state index contributed by atoms with van der Waals surface area (Å²) in [6.45, 7) is 6.76. The number of benzene rings is 2. The van der Waals surface area contributed by atoms with Gasteiger partial charge in [0.25, 0.3) is 5.56 Å². The monoisotopic (exact) mass is 416 g/mol. The third kappa shape index (κ3) is 4.29. The first-order chi connectivity index (χ1) is 15.1. The van der Waals surface area contributed by atoms with Gasteiger partial charge in [0.05, 0.1) is 11.0 Å². The van der Waals surface area contributed by atoms with Gasteiger partial charge in [0, 0.05) is 6.54 Å². The van der Waals surface area contributed by atoms with Gasteiger partial charge in [-0.1, -0.05) is 44.2 Å². The second-order valence-corrected chi connectivity index (χ2v) is 7.87. The molecule has 1 aliphatic carbocycles. The maximum Gasteiger partial charge on any atom is 0.349 e. The topological polar surface area (TPSA) is 80.6 Å². The van der Waals surface area contributed by atoms with Crippen molar-refractivity contribution in [3.63, 3.8) is 0 Å². The van der Waals surface area contributed by atoms with E-state index in [-0.39, 0.29) is 5.69 Å². The average Bonchev–Trinajstić information content (AvgIpc) is 3.61. The first-order valence-electron chi connectivity index (χ1n) is 11.1. The zero-order chi connectivity index (χ0) is 22.0. The van der Waals surface area contributed by atoms with E-state index in [0.717, 1.165) is 23.9 Å². The van der Waals surface area contributed by atoms with E-state index in [1.165, 1.54) is 29.5 Å². The fourth-order valence-corrected chi connectivity index (χ4v) is 4.11. The van der Waals surface area contributed by atoms with Gasteiger partial charge in [0.15, 0.2) is 11.5 Å². The molecule has 0 amide bonds. The minimum Gasteiger partial charge on any atom is -0.322 e. The minimum atomic E-state index is -0.630. The van der Waals surface area contributed by atoms with E-state index in [9.17, 15) is 9.59 Å². The Kier molecular flexibility index (Phi) is 5.98. The summed E-state index contributed by atoms with van der Waals surface area (Å²) in [4.78, 5) is 35.2. The fraction of sp³-hybridized carbons (Fsp3) is 0.360. The number of rotatable bonds is 5. The van der Waals surface area contributed by atoms with Gasteiger partial charge in [-0.3, -0.25) is 9.78 Å². The van der Waals surface area contributed by atoms with E-state index in [1.807, 2.05) is 36.6 Å². The molecule has 0 atom stereocenters. The summed E-state index contributed by atoms with van der Waals surface area (Å²) in [5.74, 6) is 0.972. The predicted molar refractivity (Wildman–Crippen MR) is 124 cm³/mol. The highest BCUT2D eigenvalue weighted by Crippen LogP contribution is 2.42. The van der Waals surface area contributed by atoms with E-state index in [2.05, 4.69) is 46.1 Å². The summed E-state index contributed by atoms with van der Waals surface area (Å²) in [5.41, 5.74) is 4.62. The molecule has 2 aliphatic heterocycles. The highest BCUT2D eigenvalue weighted by atomic mass is 16.2. The van der Waals surface area contributed by atoms with Gasteiger partial charge in [-0.05, 0) is 67.3 Å². The lowest BCUT2D eigenvalue weighted by atomic mass is 10.0.